The Morgan fingerprint density at radius 2 is 1.73 bits per heavy atom. The summed E-state index contributed by atoms with van der Waals surface area (Å²) < 4.78 is 5.63. The van der Waals surface area contributed by atoms with Crippen molar-refractivity contribution in [3.63, 3.8) is 0 Å². The summed E-state index contributed by atoms with van der Waals surface area (Å²) >= 11 is 5.86. The number of hydrogen-bond acceptors (Lipinski definition) is 4. The van der Waals surface area contributed by atoms with Crippen LogP contribution in [0.5, 0.6) is 0 Å². The maximum absolute atomic E-state index is 11.9. The van der Waals surface area contributed by atoms with Gasteiger partial charge < -0.3 is 4.42 Å². The number of carbonyl (C=O) groups excluding carboxylic acids is 2. The molecule has 6 nitrogen and oxygen atoms in total. The zero-order chi connectivity index (χ0) is 18.4. The fourth-order valence-corrected chi connectivity index (χ4v) is 2.37. The fourth-order valence-electron chi connectivity index (χ4n) is 2.24. The molecule has 0 saturated heterocycles. The molecule has 2 N–H and O–H groups in total. The summed E-state index contributed by atoms with van der Waals surface area (Å²) in [5.74, 6) is 0.342. The molecule has 0 radical (unpaired) electrons. The Labute approximate surface area is 155 Å². The van der Waals surface area contributed by atoms with Gasteiger partial charge in [0.2, 0.25) is 5.91 Å². The molecule has 2 amide bonds. The van der Waals surface area contributed by atoms with E-state index in [1.807, 2.05) is 18.2 Å². The van der Waals surface area contributed by atoms with E-state index in [1.165, 1.54) is 0 Å². The Balaban J connectivity index is 1.47. The summed E-state index contributed by atoms with van der Waals surface area (Å²) in [7, 11) is 0. The van der Waals surface area contributed by atoms with Crippen LogP contribution < -0.4 is 10.9 Å². The van der Waals surface area contributed by atoms with E-state index >= 15 is 0 Å². The van der Waals surface area contributed by atoms with Crippen LogP contribution in [0, 0.1) is 0 Å². The minimum absolute atomic E-state index is 0.135. The molecule has 0 aliphatic rings. The van der Waals surface area contributed by atoms with Crippen molar-refractivity contribution >= 4 is 23.4 Å². The summed E-state index contributed by atoms with van der Waals surface area (Å²) in [5.41, 5.74) is 6.06. The van der Waals surface area contributed by atoms with E-state index < -0.39 is 0 Å². The van der Waals surface area contributed by atoms with E-state index in [2.05, 4.69) is 15.8 Å². The van der Waals surface area contributed by atoms with Crippen LogP contribution in [0.1, 0.15) is 22.7 Å². The van der Waals surface area contributed by atoms with Crippen molar-refractivity contribution in [1.82, 2.24) is 15.8 Å². The standard InChI is InChI=1S/C19H16ClN3O3/c20-15-8-6-13(7-9-15)16-12-21-18(26-16)11-10-17(24)22-23-19(25)14-4-2-1-3-5-14/h1-9,12H,10-11H2,(H,22,24)(H,23,25). The van der Waals surface area contributed by atoms with Gasteiger partial charge in [-0.3, -0.25) is 20.4 Å². The quantitative estimate of drug-likeness (QED) is 0.675. The number of amides is 2. The lowest BCUT2D eigenvalue weighted by Gasteiger charge is -2.06. The zero-order valence-electron chi connectivity index (χ0n) is 13.7. The third-order valence-electron chi connectivity index (χ3n) is 3.60. The molecule has 0 bridgehead atoms. The third-order valence-corrected chi connectivity index (χ3v) is 3.85. The lowest BCUT2D eigenvalue weighted by atomic mass is 10.2. The zero-order valence-corrected chi connectivity index (χ0v) is 14.5. The number of hydrogen-bond donors (Lipinski definition) is 2. The van der Waals surface area contributed by atoms with Gasteiger partial charge in [0.25, 0.3) is 5.91 Å². The molecule has 3 aromatic rings. The number of rotatable bonds is 5. The van der Waals surface area contributed by atoms with E-state index in [0.29, 0.717) is 28.7 Å². The van der Waals surface area contributed by atoms with Gasteiger partial charge in [0.15, 0.2) is 11.7 Å². The van der Waals surface area contributed by atoms with Crippen molar-refractivity contribution in [2.75, 3.05) is 0 Å². The first-order valence-electron chi connectivity index (χ1n) is 7.97. The molecule has 0 fully saturated rings. The van der Waals surface area contributed by atoms with Gasteiger partial charge in [-0.05, 0) is 36.4 Å². The Morgan fingerprint density at radius 1 is 1.00 bits per heavy atom. The molecule has 0 unspecified atom stereocenters. The number of nitrogens with one attached hydrogen (secondary N) is 2. The van der Waals surface area contributed by atoms with Crippen molar-refractivity contribution in [3.05, 3.63) is 77.3 Å². The van der Waals surface area contributed by atoms with Gasteiger partial charge in [-0.2, -0.15) is 0 Å². The number of oxazole rings is 1. The Bertz CT molecular complexity index is 892. The number of aromatic nitrogens is 1. The maximum Gasteiger partial charge on any atom is 0.269 e. The molecule has 2 aromatic carbocycles. The van der Waals surface area contributed by atoms with Crippen LogP contribution >= 0.6 is 11.6 Å². The molecule has 0 aliphatic carbocycles. The van der Waals surface area contributed by atoms with E-state index in [1.54, 1.807) is 42.6 Å². The number of nitrogens with zero attached hydrogens (tertiary/aromatic N) is 1. The predicted molar refractivity (Wildman–Crippen MR) is 97.3 cm³/mol. The summed E-state index contributed by atoms with van der Waals surface area (Å²) in [6.07, 6.45) is 2.06. The number of benzene rings is 2. The van der Waals surface area contributed by atoms with Crippen molar-refractivity contribution in [2.45, 2.75) is 12.8 Å². The van der Waals surface area contributed by atoms with Crippen LogP contribution in [-0.2, 0) is 11.2 Å². The molecule has 1 heterocycles. The maximum atomic E-state index is 11.9. The number of aryl methyl sites for hydroxylation is 1. The number of hydrazine groups is 1. The Hall–Kier alpha value is -3.12. The lowest BCUT2D eigenvalue weighted by Crippen LogP contribution is -2.41. The predicted octanol–water partition coefficient (Wildman–Crippen LogP) is 3.39. The molecule has 7 heteroatoms. The first kappa shape index (κ1) is 17.7. The van der Waals surface area contributed by atoms with Gasteiger partial charge in [0, 0.05) is 29.0 Å². The minimum Gasteiger partial charge on any atom is -0.441 e. The third kappa shape index (κ3) is 4.70. The minimum atomic E-state index is -0.375. The lowest BCUT2D eigenvalue weighted by molar-refractivity contribution is -0.121. The highest BCUT2D eigenvalue weighted by atomic mass is 35.5. The molecule has 0 atom stereocenters. The summed E-state index contributed by atoms with van der Waals surface area (Å²) in [6.45, 7) is 0. The summed E-state index contributed by atoms with van der Waals surface area (Å²) in [6, 6.07) is 15.8. The van der Waals surface area contributed by atoms with Gasteiger partial charge in [-0.15, -0.1) is 0 Å². The molecule has 1 aromatic heterocycles. The average molecular weight is 370 g/mol. The van der Waals surface area contributed by atoms with Crippen molar-refractivity contribution < 1.29 is 14.0 Å². The molecule has 26 heavy (non-hydrogen) atoms. The topological polar surface area (TPSA) is 84.2 Å². The number of carbonyl (C=O) groups is 2. The van der Waals surface area contributed by atoms with Crippen LogP contribution in [0.15, 0.2) is 65.2 Å². The highest BCUT2D eigenvalue weighted by Crippen LogP contribution is 2.22. The van der Waals surface area contributed by atoms with Crippen LogP contribution in [-0.4, -0.2) is 16.8 Å². The largest absolute Gasteiger partial charge is 0.441 e. The molecule has 0 spiro atoms. The van der Waals surface area contributed by atoms with Gasteiger partial charge >= 0.3 is 0 Å². The molecule has 0 aliphatic heterocycles. The highest BCUT2D eigenvalue weighted by molar-refractivity contribution is 6.30. The second-order valence-electron chi connectivity index (χ2n) is 5.49. The first-order chi connectivity index (χ1) is 12.6. The Morgan fingerprint density at radius 3 is 2.46 bits per heavy atom. The van der Waals surface area contributed by atoms with E-state index in [9.17, 15) is 9.59 Å². The van der Waals surface area contributed by atoms with Crippen molar-refractivity contribution in [2.24, 2.45) is 0 Å². The van der Waals surface area contributed by atoms with Gasteiger partial charge in [0.05, 0.1) is 6.20 Å². The smallest absolute Gasteiger partial charge is 0.269 e. The van der Waals surface area contributed by atoms with Crippen molar-refractivity contribution in [1.29, 1.82) is 0 Å². The van der Waals surface area contributed by atoms with E-state index in [0.717, 1.165) is 5.56 Å². The summed E-state index contributed by atoms with van der Waals surface area (Å²) in [5, 5.41) is 0.641. The van der Waals surface area contributed by atoms with Crippen LogP contribution in [0.3, 0.4) is 0 Å². The first-order valence-corrected chi connectivity index (χ1v) is 8.34. The molecular weight excluding hydrogens is 354 g/mol. The second-order valence-corrected chi connectivity index (χ2v) is 5.93. The van der Waals surface area contributed by atoms with Crippen LogP contribution in [0.25, 0.3) is 11.3 Å². The van der Waals surface area contributed by atoms with E-state index in [-0.39, 0.29) is 18.2 Å². The van der Waals surface area contributed by atoms with Crippen LogP contribution in [0.2, 0.25) is 5.02 Å². The monoisotopic (exact) mass is 369 g/mol. The van der Waals surface area contributed by atoms with Gasteiger partial charge in [-0.1, -0.05) is 29.8 Å². The summed E-state index contributed by atoms with van der Waals surface area (Å²) in [4.78, 5) is 27.9. The molecular formula is C19H16ClN3O3. The molecule has 132 valence electrons. The number of halogens is 1. The SMILES string of the molecule is O=C(CCc1ncc(-c2ccc(Cl)cc2)o1)NNC(=O)c1ccccc1. The Kier molecular flexibility index (Phi) is 5.66. The normalized spacial score (nSPS) is 10.3. The van der Waals surface area contributed by atoms with E-state index in [4.69, 9.17) is 16.0 Å². The average Bonchev–Trinajstić information content (AvgIpc) is 3.14. The van der Waals surface area contributed by atoms with Crippen molar-refractivity contribution in [3.8, 4) is 11.3 Å². The molecule has 3 rings (SSSR count). The van der Waals surface area contributed by atoms with Gasteiger partial charge in [0.1, 0.15) is 0 Å². The fraction of sp³-hybridized carbons (Fsp3) is 0.105. The highest BCUT2D eigenvalue weighted by Gasteiger charge is 2.10. The molecule has 0 saturated carbocycles. The van der Waals surface area contributed by atoms with Crippen LogP contribution in [0.4, 0.5) is 0 Å². The second kappa shape index (κ2) is 8.31. The van der Waals surface area contributed by atoms with Gasteiger partial charge in [-0.25, -0.2) is 4.98 Å².